The summed E-state index contributed by atoms with van der Waals surface area (Å²) in [7, 11) is -2.97. The summed E-state index contributed by atoms with van der Waals surface area (Å²) in [5.41, 5.74) is 1.10. The van der Waals surface area contributed by atoms with E-state index in [-0.39, 0.29) is 29.0 Å². The van der Waals surface area contributed by atoms with Crippen LogP contribution in [-0.4, -0.2) is 43.5 Å². The summed E-state index contributed by atoms with van der Waals surface area (Å²) in [4.78, 5) is 16.3. The number of hydrogen-bond acceptors (Lipinski definition) is 5. The van der Waals surface area contributed by atoms with E-state index < -0.39 is 9.84 Å². The zero-order chi connectivity index (χ0) is 16.4. The number of rotatable bonds is 4. The average Bonchev–Trinajstić information content (AvgIpc) is 2.95. The average molecular weight is 345 g/mol. The molecule has 0 bridgehead atoms. The monoisotopic (exact) mass is 345 g/mol. The van der Waals surface area contributed by atoms with Crippen molar-refractivity contribution in [2.24, 2.45) is 0 Å². The Hall–Kier alpha value is -1.15. The van der Waals surface area contributed by atoms with E-state index in [4.69, 9.17) is 0 Å². The molecule has 1 aromatic heterocycles. The van der Waals surface area contributed by atoms with Crippen molar-refractivity contribution in [1.29, 1.82) is 0 Å². The number of sulfone groups is 1. The quantitative estimate of drug-likeness (QED) is 0.865. The van der Waals surface area contributed by atoms with Crippen molar-refractivity contribution >= 4 is 27.2 Å². The van der Waals surface area contributed by atoms with Crippen LogP contribution in [0.5, 0.6) is 0 Å². The first kappa shape index (κ1) is 17.2. The maximum Gasteiger partial charge on any atom is 0.315 e. The Kier molecular flexibility index (Phi) is 5.11. The van der Waals surface area contributed by atoms with Gasteiger partial charge in [0.2, 0.25) is 0 Å². The minimum absolute atomic E-state index is 0.0352. The molecule has 6 nitrogen and oxygen atoms in total. The molecule has 1 fully saturated rings. The van der Waals surface area contributed by atoms with E-state index in [0.717, 1.165) is 10.7 Å². The van der Waals surface area contributed by atoms with Crippen molar-refractivity contribution in [3.05, 3.63) is 16.1 Å². The number of urea groups is 1. The van der Waals surface area contributed by atoms with Crippen LogP contribution in [-0.2, 0) is 21.7 Å². The van der Waals surface area contributed by atoms with Gasteiger partial charge in [0.25, 0.3) is 0 Å². The number of carbonyl (C=O) groups is 1. The Morgan fingerprint density at radius 1 is 1.45 bits per heavy atom. The molecule has 0 aliphatic carbocycles. The molecule has 0 unspecified atom stereocenters. The summed E-state index contributed by atoms with van der Waals surface area (Å²) in [6.45, 7) is 6.84. The van der Waals surface area contributed by atoms with Gasteiger partial charge in [-0.1, -0.05) is 20.8 Å². The van der Waals surface area contributed by atoms with Gasteiger partial charge in [0.15, 0.2) is 9.84 Å². The molecule has 2 rings (SSSR count). The molecule has 0 spiro atoms. The second kappa shape index (κ2) is 6.54. The van der Waals surface area contributed by atoms with Gasteiger partial charge in [0, 0.05) is 29.8 Å². The van der Waals surface area contributed by atoms with Gasteiger partial charge in [0.1, 0.15) is 0 Å². The third kappa shape index (κ3) is 4.95. The molecular weight excluding hydrogens is 322 g/mol. The molecule has 1 aliphatic heterocycles. The van der Waals surface area contributed by atoms with Gasteiger partial charge >= 0.3 is 6.03 Å². The van der Waals surface area contributed by atoms with Crippen LogP contribution in [0.15, 0.2) is 5.38 Å². The third-order valence-corrected chi connectivity index (χ3v) is 6.19. The lowest BCUT2D eigenvalue weighted by atomic mass is 9.93. The molecule has 8 heteroatoms. The summed E-state index contributed by atoms with van der Waals surface area (Å²) < 4.78 is 22.7. The van der Waals surface area contributed by atoms with Crippen LogP contribution in [0.2, 0.25) is 0 Å². The fourth-order valence-electron chi connectivity index (χ4n) is 2.20. The molecule has 22 heavy (non-hydrogen) atoms. The van der Waals surface area contributed by atoms with Crippen LogP contribution in [0, 0.1) is 0 Å². The first-order valence-electron chi connectivity index (χ1n) is 7.35. The summed E-state index contributed by atoms with van der Waals surface area (Å²) >= 11 is 1.60. The van der Waals surface area contributed by atoms with Crippen molar-refractivity contribution in [3.63, 3.8) is 0 Å². The van der Waals surface area contributed by atoms with Gasteiger partial charge in [-0.25, -0.2) is 18.2 Å². The highest BCUT2D eigenvalue weighted by Crippen LogP contribution is 2.23. The Balaban J connectivity index is 1.72. The van der Waals surface area contributed by atoms with Gasteiger partial charge in [-0.2, -0.15) is 0 Å². The van der Waals surface area contributed by atoms with Gasteiger partial charge in [0.05, 0.1) is 22.2 Å². The van der Waals surface area contributed by atoms with E-state index in [1.165, 1.54) is 0 Å². The maximum absolute atomic E-state index is 11.7. The van der Waals surface area contributed by atoms with Crippen molar-refractivity contribution in [2.45, 2.75) is 45.1 Å². The van der Waals surface area contributed by atoms with Crippen LogP contribution >= 0.6 is 11.3 Å². The summed E-state index contributed by atoms with van der Waals surface area (Å²) in [6, 6.07) is -0.577. The van der Waals surface area contributed by atoms with Crippen molar-refractivity contribution < 1.29 is 13.2 Å². The minimum atomic E-state index is -2.97. The molecule has 0 radical (unpaired) electrons. The van der Waals surface area contributed by atoms with E-state index in [2.05, 4.69) is 41.8 Å². The first-order chi connectivity index (χ1) is 10.2. The fraction of sp³-hybridized carbons (Fsp3) is 0.714. The van der Waals surface area contributed by atoms with Gasteiger partial charge in [-0.05, 0) is 6.42 Å². The molecule has 1 aromatic rings. The molecule has 2 amide bonds. The van der Waals surface area contributed by atoms with Gasteiger partial charge in [-0.3, -0.25) is 0 Å². The number of nitrogens with one attached hydrogen (secondary N) is 2. The largest absolute Gasteiger partial charge is 0.338 e. The smallest absolute Gasteiger partial charge is 0.315 e. The van der Waals surface area contributed by atoms with Crippen molar-refractivity contribution in [3.8, 4) is 0 Å². The normalized spacial score (nSPS) is 20.8. The number of amides is 2. The number of hydrogen-bond donors (Lipinski definition) is 2. The van der Waals surface area contributed by atoms with E-state index in [0.29, 0.717) is 19.4 Å². The SMILES string of the molecule is CC(C)(C)c1csc(CCNC(=O)N[C@@H]2CCS(=O)(=O)C2)n1. The third-order valence-electron chi connectivity index (χ3n) is 3.51. The Morgan fingerprint density at radius 3 is 2.73 bits per heavy atom. The summed E-state index contributed by atoms with van der Waals surface area (Å²) in [5.74, 6) is 0.203. The molecule has 0 aromatic carbocycles. The molecular formula is C14H23N3O3S2. The van der Waals surface area contributed by atoms with E-state index in [9.17, 15) is 13.2 Å². The van der Waals surface area contributed by atoms with Crippen LogP contribution in [0.1, 0.15) is 37.9 Å². The fourth-order valence-corrected chi connectivity index (χ4v) is 4.90. The molecule has 1 saturated heterocycles. The van der Waals surface area contributed by atoms with Crippen molar-refractivity contribution in [2.75, 3.05) is 18.1 Å². The zero-order valence-corrected chi connectivity index (χ0v) is 14.8. The highest BCUT2D eigenvalue weighted by Gasteiger charge is 2.28. The van der Waals surface area contributed by atoms with Crippen LogP contribution < -0.4 is 10.6 Å². The number of thiazole rings is 1. The highest BCUT2D eigenvalue weighted by atomic mass is 32.2. The summed E-state index contributed by atoms with van der Waals surface area (Å²) in [5, 5.41) is 8.51. The predicted molar refractivity (Wildman–Crippen MR) is 88.1 cm³/mol. The topological polar surface area (TPSA) is 88.2 Å². The molecule has 2 N–H and O–H groups in total. The van der Waals surface area contributed by atoms with E-state index in [1.54, 1.807) is 11.3 Å². The van der Waals surface area contributed by atoms with Gasteiger partial charge in [-0.15, -0.1) is 11.3 Å². The highest BCUT2D eigenvalue weighted by molar-refractivity contribution is 7.91. The lowest BCUT2D eigenvalue weighted by Gasteiger charge is -2.14. The molecule has 1 atom stereocenters. The molecule has 2 heterocycles. The lowest BCUT2D eigenvalue weighted by molar-refractivity contribution is 0.238. The Morgan fingerprint density at radius 2 is 2.18 bits per heavy atom. The molecule has 1 aliphatic rings. The number of aromatic nitrogens is 1. The van der Waals surface area contributed by atoms with Crippen LogP contribution in [0.4, 0.5) is 4.79 Å². The van der Waals surface area contributed by atoms with Crippen LogP contribution in [0.3, 0.4) is 0 Å². The standard InChI is InChI=1S/C14H23N3O3S2/c1-14(2,3)11-8-21-12(17-11)4-6-15-13(18)16-10-5-7-22(19,20)9-10/h8,10H,4-7,9H2,1-3H3,(H2,15,16,18)/t10-/m1/s1. The Bertz CT molecular complexity index is 632. The van der Waals surface area contributed by atoms with Crippen LogP contribution in [0.25, 0.3) is 0 Å². The predicted octanol–water partition coefficient (Wildman–Crippen LogP) is 1.47. The maximum atomic E-state index is 11.7. The minimum Gasteiger partial charge on any atom is -0.338 e. The van der Waals surface area contributed by atoms with E-state index >= 15 is 0 Å². The second-order valence-corrected chi connectivity index (χ2v) is 9.80. The number of carbonyl (C=O) groups excluding carboxylic acids is 1. The Labute approximate surface area is 135 Å². The van der Waals surface area contributed by atoms with Crippen molar-refractivity contribution in [1.82, 2.24) is 15.6 Å². The summed E-state index contributed by atoms with van der Waals surface area (Å²) in [6.07, 6.45) is 1.17. The molecule has 124 valence electrons. The first-order valence-corrected chi connectivity index (χ1v) is 10.1. The molecule has 0 saturated carbocycles. The zero-order valence-electron chi connectivity index (χ0n) is 13.2. The lowest BCUT2D eigenvalue weighted by Crippen LogP contribution is -2.43. The van der Waals surface area contributed by atoms with E-state index in [1.807, 2.05) is 0 Å². The second-order valence-electron chi connectivity index (χ2n) is 6.63. The number of nitrogens with zero attached hydrogens (tertiary/aromatic N) is 1. The van der Waals surface area contributed by atoms with Gasteiger partial charge < -0.3 is 10.6 Å².